The number of aliphatic hydroxyl groups is 1. The fourth-order valence-electron chi connectivity index (χ4n) is 2.68. The lowest BCUT2D eigenvalue weighted by molar-refractivity contribution is -0.143. The maximum atomic E-state index is 12.9. The Morgan fingerprint density at radius 3 is 1.80 bits per heavy atom. The summed E-state index contributed by atoms with van der Waals surface area (Å²) >= 11 is 0. The second-order valence-electron chi connectivity index (χ2n) is 8.41. The zero-order valence-corrected chi connectivity index (χ0v) is 18.8. The Labute approximate surface area is 178 Å². The molecule has 0 fully saturated rings. The van der Waals surface area contributed by atoms with E-state index in [4.69, 9.17) is 15.9 Å². The van der Waals surface area contributed by atoms with E-state index in [1.807, 2.05) is 20.8 Å². The highest BCUT2D eigenvalue weighted by Gasteiger charge is 2.33. The molecule has 174 valence electrons. The van der Waals surface area contributed by atoms with Crippen LogP contribution < -0.4 is 21.7 Å². The highest BCUT2D eigenvalue weighted by molar-refractivity contribution is 5.94. The molecule has 10 nitrogen and oxygen atoms in total. The number of amides is 3. The molecule has 0 saturated heterocycles. The van der Waals surface area contributed by atoms with Crippen LogP contribution in [0.15, 0.2) is 0 Å². The van der Waals surface area contributed by atoms with E-state index < -0.39 is 54.5 Å². The summed E-state index contributed by atoms with van der Waals surface area (Å²) in [7, 11) is 0. The third-order valence-electron chi connectivity index (χ3n) is 4.95. The molecular formula is C20H38N4O6. The van der Waals surface area contributed by atoms with Crippen LogP contribution in [0.4, 0.5) is 0 Å². The molecule has 0 saturated carbocycles. The minimum atomic E-state index is -1.48. The fraction of sp³-hybridized carbons (Fsp3) is 0.800. The van der Waals surface area contributed by atoms with Crippen LogP contribution in [0.2, 0.25) is 0 Å². The van der Waals surface area contributed by atoms with E-state index in [9.17, 15) is 19.2 Å². The lowest BCUT2D eigenvalue weighted by atomic mass is 9.96. The Balaban J connectivity index is 5.49. The SMILES string of the molecule is CCC(C)C(NC(=O)C(CC(C)C)NC(=O)C(N)C(C)C)C(=O)NC(CO)C(=O)O. The quantitative estimate of drug-likeness (QED) is 0.231. The van der Waals surface area contributed by atoms with E-state index in [1.54, 1.807) is 20.8 Å². The van der Waals surface area contributed by atoms with Crippen molar-refractivity contribution in [2.75, 3.05) is 6.61 Å². The molecule has 5 atom stereocenters. The molecule has 0 aromatic rings. The normalized spacial score (nSPS) is 16.3. The van der Waals surface area contributed by atoms with Gasteiger partial charge in [0, 0.05) is 0 Å². The summed E-state index contributed by atoms with van der Waals surface area (Å²) in [4.78, 5) is 49.0. The maximum absolute atomic E-state index is 12.9. The fourth-order valence-corrected chi connectivity index (χ4v) is 2.68. The predicted octanol–water partition coefficient (Wildman–Crippen LogP) is -0.407. The van der Waals surface area contributed by atoms with Gasteiger partial charge in [0.1, 0.15) is 18.1 Å². The molecule has 3 amide bonds. The van der Waals surface area contributed by atoms with Crippen LogP contribution in [0.5, 0.6) is 0 Å². The lowest BCUT2D eigenvalue weighted by Gasteiger charge is -2.28. The van der Waals surface area contributed by atoms with Gasteiger partial charge in [-0.05, 0) is 24.2 Å². The number of aliphatic carboxylic acids is 1. The minimum Gasteiger partial charge on any atom is -0.480 e. The number of hydrogen-bond donors (Lipinski definition) is 6. The molecule has 0 spiro atoms. The summed E-state index contributed by atoms with van der Waals surface area (Å²) in [6.45, 7) is 10.2. The summed E-state index contributed by atoms with van der Waals surface area (Å²) < 4.78 is 0. The molecule has 5 unspecified atom stereocenters. The summed E-state index contributed by atoms with van der Waals surface area (Å²) in [6, 6.07) is -4.17. The molecule has 0 aliphatic carbocycles. The number of nitrogens with one attached hydrogen (secondary N) is 3. The Kier molecular flexibility index (Phi) is 12.2. The van der Waals surface area contributed by atoms with Gasteiger partial charge in [0.2, 0.25) is 17.7 Å². The van der Waals surface area contributed by atoms with Crippen LogP contribution in [0, 0.1) is 17.8 Å². The summed E-state index contributed by atoms with van der Waals surface area (Å²) in [5, 5.41) is 25.7. The second kappa shape index (κ2) is 13.2. The standard InChI is InChI=1S/C20H38N4O6/c1-7-12(6)16(19(28)23-14(9-25)20(29)30)24-17(26)13(8-10(2)3)22-18(27)15(21)11(4)5/h10-16,25H,7-9,21H2,1-6H3,(H,22,27)(H,23,28)(H,24,26)(H,29,30). The first-order chi connectivity index (χ1) is 13.8. The summed E-state index contributed by atoms with van der Waals surface area (Å²) in [5.41, 5.74) is 5.87. The zero-order chi connectivity index (χ0) is 23.6. The molecule has 0 radical (unpaired) electrons. The van der Waals surface area contributed by atoms with E-state index >= 15 is 0 Å². The number of aliphatic hydroxyl groups excluding tert-OH is 1. The largest absolute Gasteiger partial charge is 0.480 e. The minimum absolute atomic E-state index is 0.0815. The molecule has 0 rings (SSSR count). The Morgan fingerprint density at radius 2 is 1.40 bits per heavy atom. The van der Waals surface area contributed by atoms with Crippen molar-refractivity contribution in [3.8, 4) is 0 Å². The Morgan fingerprint density at radius 1 is 0.867 bits per heavy atom. The van der Waals surface area contributed by atoms with Crippen molar-refractivity contribution in [1.29, 1.82) is 0 Å². The van der Waals surface area contributed by atoms with Gasteiger partial charge in [-0.15, -0.1) is 0 Å². The van der Waals surface area contributed by atoms with Crippen molar-refractivity contribution in [1.82, 2.24) is 16.0 Å². The van der Waals surface area contributed by atoms with Crippen molar-refractivity contribution >= 4 is 23.7 Å². The molecule has 10 heteroatoms. The van der Waals surface area contributed by atoms with Gasteiger partial charge in [0.25, 0.3) is 0 Å². The number of carbonyl (C=O) groups is 4. The van der Waals surface area contributed by atoms with Crippen molar-refractivity contribution in [3.05, 3.63) is 0 Å². The van der Waals surface area contributed by atoms with Crippen molar-refractivity contribution < 1.29 is 29.4 Å². The van der Waals surface area contributed by atoms with Crippen LogP contribution in [0.1, 0.15) is 54.4 Å². The molecule has 0 heterocycles. The van der Waals surface area contributed by atoms with Crippen LogP contribution in [-0.2, 0) is 19.2 Å². The molecule has 30 heavy (non-hydrogen) atoms. The molecule has 0 aliphatic rings. The number of carboxylic acids is 1. The van der Waals surface area contributed by atoms with Gasteiger partial charge in [0.05, 0.1) is 12.6 Å². The van der Waals surface area contributed by atoms with Crippen molar-refractivity contribution in [2.24, 2.45) is 23.5 Å². The van der Waals surface area contributed by atoms with Gasteiger partial charge >= 0.3 is 5.97 Å². The lowest BCUT2D eigenvalue weighted by Crippen LogP contribution is -2.59. The third-order valence-corrected chi connectivity index (χ3v) is 4.95. The predicted molar refractivity (Wildman–Crippen MR) is 112 cm³/mol. The molecular weight excluding hydrogens is 392 g/mol. The topological polar surface area (TPSA) is 171 Å². The van der Waals surface area contributed by atoms with Crippen LogP contribution >= 0.6 is 0 Å². The van der Waals surface area contributed by atoms with E-state index in [2.05, 4.69) is 16.0 Å². The Hall–Kier alpha value is -2.20. The van der Waals surface area contributed by atoms with E-state index in [0.717, 1.165) is 0 Å². The number of nitrogens with two attached hydrogens (primary N) is 1. The smallest absolute Gasteiger partial charge is 0.328 e. The highest BCUT2D eigenvalue weighted by atomic mass is 16.4. The molecule has 0 aliphatic heterocycles. The molecule has 0 bridgehead atoms. The second-order valence-corrected chi connectivity index (χ2v) is 8.41. The maximum Gasteiger partial charge on any atom is 0.328 e. The number of hydrogen-bond acceptors (Lipinski definition) is 6. The van der Waals surface area contributed by atoms with Crippen LogP contribution in [-0.4, -0.2) is 64.7 Å². The zero-order valence-electron chi connectivity index (χ0n) is 18.8. The molecule has 7 N–H and O–H groups in total. The third kappa shape index (κ3) is 9.08. The van der Waals surface area contributed by atoms with E-state index in [-0.39, 0.29) is 17.8 Å². The van der Waals surface area contributed by atoms with Gasteiger partial charge in [-0.3, -0.25) is 14.4 Å². The monoisotopic (exact) mass is 430 g/mol. The number of rotatable bonds is 13. The van der Waals surface area contributed by atoms with Gasteiger partial charge in [0.15, 0.2) is 0 Å². The number of carboxylic acid groups (broad SMARTS) is 1. The van der Waals surface area contributed by atoms with Gasteiger partial charge in [-0.1, -0.05) is 48.0 Å². The highest BCUT2D eigenvalue weighted by Crippen LogP contribution is 2.11. The average molecular weight is 431 g/mol. The number of carbonyl (C=O) groups excluding carboxylic acids is 3. The molecule has 0 aromatic heterocycles. The van der Waals surface area contributed by atoms with Gasteiger partial charge in [-0.2, -0.15) is 0 Å². The van der Waals surface area contributed by atoms with Crippen molar-refractivity contribution in [2.45, 2.75) is 78.6 Å². The average Bonchev–Trinajstić information content (AvgIpc) is 2.67. The van der Waals surface area contributed by atoms with Gasteiger partial charge in [-0.25, -0.2) is 4.79 Å². The first kappa shape index (κ1) is 27.8. The van der Waals surface area contributed by atoms with Crippen LogP contribution in [0.3, 0.4) is 0 Å². The van der Waals surface area contributed by atoms with Gasteiger partial charge < -0.3 is 31.9 Å². The van der Waals surface area contributed by atoms with E-state index in [1.165, 1.54) is 0 Å². The first-order valence-electron chi connectivity index (χ1n) is 10.4. The summed E-state index contributed by atoms with van der Waals surface area (Å²) in [5.74, 6) is -3.45. The van der Waals surface area contributed by atoms with Crippen molar-refractivity contribution in [3.63, 3.8) is 0 Å². The molecule has 0 aromatic carbocycles. The first-order valence-corrected chi connectivity index (χ1v) is 10.4. The van der Waals surface area contributed by atoms with Crippen LogP contribution in [0.25, 0.3) is 0 Å². The summed E-state index contributed by atoms with van der Waals surface area (Å²) in [6.07, 6.45) is 0.875. The Bertz CT molecular complexity index is 596. The van der Waals surface area contributed by atoms with E-state index in [0.29, 0.717) is 12.8 Å².